The van der Waals surface area contributed by atoms with Crippen molar-refractivity contribution in [3.05, 3.63) is 65.5 Å². The van der Waals surface area contributed by atoms with Crippen LogP contribution in [0.2, 0.25) is 0 Å². The molecule has 2 aromatic carbocycles. The second-order valence-electron chi connectivity index (χ2n) is 6.30. The van der Waals surface area contributed by atoms with E-state index in [1.165, 1.54) is 18.2 Å². The van der Waals surface area contributed by atoms with Gasteiger partial charge in [0, 0.05) is 17.3 Å². The molecule has 140 valence electrons. The van der Waals surface area contributed by atoms with Crippen LogP contribution >= 0.6 is 0 Å². The number of halogens is 1. The topological polar surface area (TPSA) is 75.7 Å². The molecule has 1 aliphatic heterocycles. The Morgan fingerprint density at radius 3 is 2.74 bits per heavy atom. The number of hydrogen-bond acceptors (Lipinski definition) is 4. The van der Waals surface area contributed by atoms with Crippen molar-refractivity contribution in [3.63, 3.8) is 0 Å². The summed E-state index contributed by atoms with van der Waals surface area (Å²) in [7, 11) is 0. The number of fused-ring (bicyclic) bond motifs is 1. The third-order valence-corrected chi connectivity index (χ3v) is 4.31. The second kappa shape index (κ2) is 7.99. The zero-order valence-electron chi connectivity index (χ0n) is 14.8. The molecule has 2 aromatic rings. The lowest BCUT2D eigenvalue weighted by atomic mass is 10.1. The summed E-state index contributed by atoms with van der Waals surface area (Å²) in [6.07, 6.45) is 0.750. The summed E-state index contributed by atoms with van der Waals surface area (Å²) < 4.78 is 18.1. The van der Waals surface area contributed by atoms with Gasteiger partial charge in [0.05, 0.1) is 0 Å². The van der Waals surface area contributed by atoms with E-state index in [4.69, 9.17) is 4.74 Å². The number of carbonyl (C=O) groups excluding carboxylic acids is 3. The predicted molar refractivity (Wildman–Crippen MR) is 96.8 cm³/mol. The standard InChI is InChI=1S/C20H19FN2O4/c1-13-9-14-5-2-3-8-17(14)23(13)18(24)12-27-19(25)11-22-20(26)15-6-4-7-16(21)10-15/h2-8,10,13H,9,11-12H2,1H3,(H,22,26)/t13-/m1/s1. The molecule has 1 heterocycles. The van der Waals surface area contributed by atoms with Crippen LogP contribution in [0.1, 0.15) is 22.8 Å². The predicted octanol–water partition coefficient (Wildman–Crippen LogP) is 2.08. The quantitative estimate of drug-likeness (QED) is 0.818. The number of rotatable bonds is 5. The first-order valence-corrected chi connectivity index (χ1v) is 8.55. The van der Waals surface area contributed by atoms with Crippen LogP contribution in [0.25, 0.3) is 0 Å². The summed E-state index contributed by atoms with van der Waals surface area (Å²) >= 11 is 0. The van der Waals surface area contributed by atoms with Crippen molar-refractivity contribution in [1.29, 1.82) is 0 Å². The molecule has 7 heteroatoms. The Kier molecular flexibility index (Phi) is 5.49. The average Bonchev–Trinajstić information content (AvgIpc) is 2.99. The van der Waals surface area contributed by atoms with E-state index < -0.39 is 30.8 Å². The molecule has 1 atom stereocenters. The molecule has 0 fully saturated rings. The van der Waals surface area contributed by atoms with Gasteiger partial charge in [0.15, 0.2) is 6.61 Å². The molecule has 0 saturated carbocycles. The first-order chi connectivity index (χ1) is 13.0. The monoisotopic (exact) mass is 370 g/mol. The van der Waals surface area contributed by atoms with E-state index in [9.17, 15) is 18.8 Å². The molecule has 0 saturated heterocycles. The molecule has 0 radical (unpaired) electrons. The molecular formula is C20H19FN2O4. The van der Waals surface area contributed by atoms with Crippen LogP contribution in [0.4, 0.5) is 10.1 Å². The van der Waals surface area contributed by atoms with Gasteiger partial charge in [-0.05, 0) is 43.2 Å². The summed E-state index contributed by atoms with van der Waals surface area (Å²) in [6.45, 7) is 1.11. The minimum absolute atomic E-state index is 0.0127. The Labute approximate surface area is 155 Å². The summed E-state index contributed by atoms with van der Waals surface area (Å²) in [5.74, 6) is -2.21. The molecule has 6 nitrogen and oxygen atoms in total. The van der Waals surface area contributed by atoms with Gasteiger partial charge >= 0.3 is 5.97 Å². The van der Waals surface area contributed by atoms with Gasteiger partial charge in [-0.25, -0.2) is 4.39 Å². The van der Waals surface area contributed by atoms with Gasteiger partial charge in [0.2, 0.25) is 0 Å². The first kappa shape index (κ1) is 18.6. The lowest BCUT2D eigenvalue weighted by molar-refractivity contribution is -0.146. The van der Waals surface area contributed by atoms with E-state index in [0.717, 1.165) is 23.7 Å². The highest BCUT2D eigenvalue weighted by atomic mass is 19.1. The van der Waals surface area contributed by atoms with Crippen molar-refractivity contribution in [1.82, 2.24) is 5.32 Å². The molecule has 0 aromatic heterocycles. The molecule has 0 spiro atoms. The van der Waals surface area contributed by atoms with E-state index in [1.807, 2.05) is 31.2 Å². The van der Waals surface area contributed by atoms with Gasteiger partial charge in [-0.1, -0.05) is 24.3 Å². The number of para-hydroxylation sites is 1. The maximum atomic E-state index is 13.1. The fourth-order valence-electron chi connectivity index (χ4n) is 3.09. The van der Waals surface area contributed by atoms with Crippen LogP contribution in [0.5, 0.6) is 0 Å². The maximum absolute atomic E-state index is 13.1. The van der Waals surface area contributed by atoms with Crippen LogP contribution in [-0.4, -0.2) is 37.0 Å². The van der Waals surface area contributed by atoms with Gasteiger partial charge in [-0.2, -0.15) is 0 Å². The summed E-state index contributed by atoms with van der Waals surface area (Å²) in [5.41, 5.74) is 2.00. The van der Waals surface area contributed by atoms with Gasteiger partial charge in [0.25, 0.3) is 11.8 Å². The normalized spacial score (nSPS) is 15.2. The smallest absolute Gasteiger partial charge is 0.325 e. The van der Waals surface area contributed by atoms with Crippen LogP contribution in [0, 0.1) is 5.82 Å². The molecule has 0 aliphatic carbocycles. The number of anilines is 1. The van der Waals surface area contributed by atoms with E-state index in [1.54, 1.807) is 4.90 Å². The van der Waals surface area contributed by atoms with E-state index in [-0.39, 0.29) is 17.5 Å². The molecule has 0 bridgehead atoms. The SMILES string of the molecule is C[C@@H]1Cc2ccccc2N1C(=O)COC(=O)CNC(=O)c1cccc(F)c1. The highest BCUT2D eigenvalue weighted by molar-refractivity contribution is 5.98. The van der Waals surface area contributed by atoms with E-state index >= 15 is 0 Å². The minimum atomic E-state index is -0.742. The summed E-state index contributed by atoms with van der Waals surface area (Å²) in [5, 5.41) is 2.34. The Morgan fingerprint density at radius 2 is 1.96 bits per heavy atom. The fourth-order valence-corrected chi connectivity index (χ4v) is 3.09. The number of amides is 2. The van der Waals surface area contributed by atoms with Gasteiger partial charge < -0.3 is 15.0 Å². The number of esters is 1. The minimum Gasteiger partial charge on any atom is -0.454 e. The molecule has 27 heavy (non-hydrogen) atoms. The summed E-state index contributed by atoms with van der Waals surface area (Å²) in [6, 6.07) is 12.7. The Hall–Kier alpha value is -3.22. The first-order valence-electron chi connectivity index (χ1n) is 8.55. The van der Waals surface area contributed by atoms with Gasteiger partial charge in [-0.15, -0.1) is 0 Å². The van der Waals surface area contributed by atoms with Crippen molar-refractivity contribution in [2.75, 3.05) is 18.1 Å². The van der Waals surface area contributed by atoms with Crippen molar-refractivity contribution in [2.24, 2.45) is 0 Å². The molecule has 0 unspecified atom stereocenters. The van der Waals surface area contributed by atoms with Crippen LogP contribution in [-0.2, 0) is 20.7 Å². The summed E-state index contributed by atoms with van der Waals surface area (Å²) in [4.78, 5) is 37.7. The highest BCUT2D eigenvalue weighted by Crippen LogP contribution is 2.31. The number of hydrogen-bond donors (Lipinski definition) is 1. The Balaban J connectivity index is 1.49. The zero-order chi connectivity index (χ0) is 19.4. The van der Waals surface area contributed by atoms with Gasteiger partial charge in [0.1, 0.15) is 12.4 Å². The molecule has 1 N–H and O–H groups in total. The Bertz CT molecular complexity index is 884. The van der Waals surface area contributed by atoms with Crippen molar-refractivity contribution < 1.29 is 23.5 Å². The maximum Gasteiger partial charge on any atom is 0.325 e. The molecular weight excluding hydrogens is 351 g/mol. The van der Waals surface area contributed by atoms with E-state index in [0.29, 0.717) is 0 Å². The van der Waals surface area contributed by atoms with Crippen LogP contribution in [0.15, 0.2) is 48.5 Å². The van der Waals surface area contributed by atoms with Crippen LogP contribution in [0.3, 0.4) is 0 Å². The van der Waals surface area contributed by atoms with Crippen molar-refractivity contribution in [3.8, 4) is 0 Å². The largest absolute Gasteiger partial charge is 0.454 e. The van der Waals surface area contributed by atoms with Gasteiger partial charge in [-0.3, -0.25) is 14.4 Å². The van der Waals surface area contributed by atoms with E-state index in [2.05, 4.69) is 5.32 Å². The molecule has 2 amide bonds. The van der Waals surface area contributed by atoms with Crippen molar-refractivity contribution in [2.45, 2.75) is 19.4 Å². The third-order valence-electron chi connectivity index (χ3n) is 4.31. The number of nitrogens with one attached hydrogen (secondary N) is 1. The number of carbonyl (C=O) groups is 3. The lowest BCUT2D eigenvalue weighted by Crippen LogP contribution is -2.39. The molecule has 1 aliphatic rings. The van der Waals surface area contributed by atoms with Crippen LogP contribution < -0.4 is 10.2 Å². The number of benzene rings is 2. The fraction of sp³-hybridized carbons (Fsp3) is 0.250. The Morgan fingerprint density at radius 1 is 1.19 bits per heavy atom. The second-order valence-corrected chi connectivity index (χ2v) is 6.30. The third kappa shape index (κ3) is 4.31. The number of nitrogens with zero attached hydrogens (tertiary/aromatic N) is 1. The zero-order valence-corrected chi connectivity index (χ0v) is 14.8. The highest BCUT2D eigenvalue weighted by Gasteiger charge is 2.30. The molecule has 3 rings (SSSR count). The lowest BCUT2D eigenvalue weighted by Gasteiger charge is -2.22. The average molecular weight is 370 g/mol. The van der Waals surface area contributed by atoms with Crippen molar-refractivity contribution >= 4 is 23.5 Å². The number of ether oxygens (including phenoxy) is 1.